The quantitative estimate of drug-likeness (QED) is 0.295. The number of aromatic nitrogens is 3. The highest BCUT2D eigenvalue weighted by Crippen LogP contribution is 2.35. The minimum atomic E-state index is -0.268. The molecule has 1 aromatic carbocycles. The first-order chi connectivity index (χ1) is 14.2. The molecule has 0 bridgehead atoms. The Morgan fingerprint density at radius 3 is 2.76 bits per heavy atom. The Morgan fingerprint density at radius 2 is 2.03 bits per heavy atom. The smallest absolute Gasteiger partial charge is 0.264 e. The van der Waals surface area contributed by atoms with Gasteiger partial charge in [-0.05, 0) is 32.4 Å². The van der Waals surface area contributed by atoms with Crippen molar-refractivity contribution in [1.29, 1.82) is 0 Å². The molecule has 0 spiro atoms. The van der Waals surface area contributed by atoms with Gasteiger partial charge in [-0.3, -0.25) is 15.1 Å². The molecule has 8 heteroatoms. The van der Waals surface area contributed by atoms with Crippen LogP contribution in [0.1, 0.15) is 27.2 Å². The number of hydrogen-bond donors (Lipinski definition) is 1. The molecule has 0 fully saturated rings. The lowest BCUT2D eigenvalue weighted by Crippen LogP contribution is -2.16. The summed E-state index contributed by atoms with van der Waals surface area (Å²) >= 11 is 2.82. The van der Waals surface area contributed by atoms with E-state index in [9.17, 15) is 4.79 Å². The summed E-state index contributed by atoms with van der Waals surface area (Å²) in [5, 5.41) is 12.3. The van der Waals surface area contributed by atoms with Gasteiger partial charge in [0.15, 0.2) is 10.9 Å². The first-order valence-corrected chi connectivity index (χ1v) is 10.8. The SMILES string of the molecule is C/C=C/OCC(=O)Nc1nnc(Sc2ccnc3ccccc23)s1.C/C=C\CC. The van der Waals surface area contributed by atoms with E-state index < -0.39 is 0 Å². The Hall–Kier alpha value is -2.71. The van der Waals surface area contributed by atoms with Crippen LogP contribution in [-0.4, -0.2) is 27.7 Å². The van der Waals surface area contributed by atoms with Gasteiger partial charge in [0.05, 0.1) is 11.8 Å². The number of anilines is 1. The van der Waals surface area contributed by atoms with E-state index in [1.807, 2.05) is 44.2 Å². The predicted molar refractivity (Wildman–Crippen MR) is 120 cm³/mol. The summed E-state index contributed by atoms with van der Waals surface area (Å²) in [5.41, 5.74) is 0.932. The summed E-state index contributed by atoms with van der Waals surface area (Å²) in [4.78, 5) is 17.1. The van der Waals surface area contributed by atoms with E-state index in [2.05, 4.69) is 39.6 Å². The number of amides is 1. The summed E-state index contributed by atoms with van der Waals surface area (Å²) in [5.74, 6) is -0.268. The number of carbonyl (C=O) groups excluding carboxylic acids is 1. The first-order valence-electron chi connectivity index (χ1n) is 9.16. The van der Waals surface area contributed by atoms with Crippen molar-refractivity contribution < 1.29 is 9.53 Å². The van der Waals surface area contributed by atoms with E-state index in [1.54, 1.807) is 12.3 Å². The van der Waals surface area contributed by atoms with E-state index in [4.69, 9.17) is 4.74 Å². The number of nitrogens with zero attached hydrogens (tertiary/aromatic N) is 3. The molecule has 29 heavy (non-hydrogen) atoms. The summed E-state index contributed by atoms with van der Waals surface area (Å²) in [6, 6.07) is 9.86. The fourth-order valence-corrected chi connectivity index (χ4v) is 4.01. The molecule has 2 heterocycles. The average Bonchev–Trinajstić information content (AvgIpc) is 3.16. The van der Waals surface area contributed by atoms with Gasteiger partial charge in [0.1, 0.15) is 0 Å². The molecular weight excluding hydrogens is 404 g/mol. The summed E-state index contributed by atoms with van der Waals surface area (Å²) in [6.45, 7) is 5.92. The average molecular weight is 429 g/mol. The molecule has 1 amide bonds. The van der Waals surface area contributed by atoms with Crippen molar-refractivity contribution in [3.63, 3.8) is 0 Å². The van der Waals surface area contributed by atoms with Crippen molar-refractivity contribution in [2.75, 3.05) is 11.9 Å². The Bertz CT molecular complexity index is 965. The molecule has 0 aliphatic carbocycles. The van der Waals surface area contributed by atoms with E-state index in [1.165, 1.54) is 29.4 Å². The zero-order valence-corrected chi connectivity index (χ0v) is 18.3. The zero-order chi connectivity index (χ0) is 20.9. The third-order valence-electron chi connectivity index (χ3n) is 3.38. The number of rotatable bonds is 7. The molecule has 0 atom stereocenters. The minimum Gasteiger partial charge on any atom is -0.492 e. The highest BCUT2D eigenvalue weighted by Gasteiger charge is 2.11. The van der Waals surface area contributed by atoms with E-state index >= 15 is 0 Å². The van der Waals surface area contributed by atoms with Crippen LogP contribution in [0.3, 0.4) is 0 Å². The number of carbonyl (C=O) groups is 1. The Balaban J connectivity index is 0.000000537. The summed E-state index contributed by atoms with van der Waals surface area (Å²) in [7, 11) is 0. The van der Waals surface area contributed by atoms with Crippen LogP contribution in [0.5, 0.6) is 0 Å². The van der Waals surface area contributed by atoms with Gasteiger partial charge in [0.25, 0.3) is 5.91 Å². The molecule has 0 aliphatic heterocycles. The van der Waals surface area contributed by atoms with Crippen LogP contribution in [0.2, 0.25) is 0 Å². The second-order valence-electron chi connectivity index (χ2n) is 5.61. The molecule has 0 saturated heterocycles. The zero-order valence-electron chi connectivity index (χ0n) is 16.7. The Kier molecular flexibility index (Phi) is 9.88. The molecule has 3 rings (SSSR count). The summed E-state index contributed by atoms with van der Waals surface area (Å²) in [6.07, 6.45) is 10.3. The number of ether oxygens (including phenoxy) is 1. The molecule has 0 radical (unpaired) electrons. The van der Waals surface area contributed by atoms with Crippen molar-refractivity contribution in [3.8, 4) is 0 Å². The number of para-hydroxylation sites is 1. The van der Waals surface area contributed by atoms with E-state index in [-0.39, 0.29) is 12.5 Å². The van der Waals surface area contributed by atoms with Crippen LogP contribution in [0.15, 0.2) is 70.3 Å². The fraction of sp³-hybridized carbons (Fsp3) is 0.238. The number of fused-ring (bicyclic) bond motifs is 1. The van der Waals surface area contributed by atoms with Gasteiger partial charge in [-0.1, -0.05) is 66.4 Å². The number of nitrogens with one attached hydrogen (secondary N) is 1. The third-order valence-corrected chi connectivity index (χ3v) is 5.34. The van der Waals surface area contributed by atoms with Gasteiger partial charge in [-0.2, -0.15) is 0 Å². The fourth-order valence-electron chi connectivity index (χ4n) is 2.17. The van der Waals surface area contributed by atoms with Gasteiger partial charge in [0.2, 0.25) is 5.13 Å². The number of benzene rings is 1. The van der Waals surface area contributed by atoms with E-state index in [0.717, 1.165) is 26.6 Å². The van der Waals surface area contributed by atoms with Crippen LogP contribution >= 0.6 is 23.1 Å². The second kappa shape index (κ2) is 12.7. The maximum absolute atomic E-state index is 11.7. The molecule has 6 nitrogen and oxygen atoms in total. The van der Waals surface area contributed by atoms with Gasteiger partial charge < -0.3 is 4.74 Å². The molecule has 1 N–H and O–H groups in total. The Morgan fingerprint density at radius 1 is 1.21 bits per heavy atom. The maximum Gasteiger partial charge on any atom is 0.264 e. The van der Waals surface area contributed by atoms with Crippen LogP contribution in [0, 0.1) is 0 Å². The number of hydrogen-bond acceptors (Lipinski definition) is 7. The molecule has 0 aliphatic rings. The highest BCUT2D eigenvalue weighted by atomic mass is 32.2. The lowest BCUT2D eigenvalue weighted by atomic mass is 10.2. The third kappa shape index (κ3) is 7.67. The van der Waals surface area contributed by atoms with Gasteiger partial charge >= 0.3 is 0 Å². The van der Waals surface area contributed by atoms with Crippen molar-refractivity contribution in [2.24, 2.45) is 0 Å². The Labute approximate surface area is 179 Å². The molecule has 2 aromatic heterocycles. The molecule has 0 unspecified atom stereocenters. The lowest BCUT2D eigenvalue weighted by molar-refractivity contribution is -0.119. The molecule has 3 aromatic rings. The monoisotopic (exact) mass is 428 g/mol. The van der Waals surface area contributed by atoms with E-state index in [0.29, 0.717) is 5.13 Å². The predicted octanol–water partition coefficient (Wildman–Crippen LogP) is 5.70. The van der Waals surface area contributed by atoms with Gasteiger partial charge in [-0.25, -0.2) is 0 Å². The van der Waals surface area contributed by atoms with Gasteiger partial charge in [0, 0.05) is 16.5 Å². The van der Waals surface area contributed by atoms with Crippen LogP contribution in [0.25, 0.3) is 10.9 Å². The maximum atomic E-state index is 11.7. The van der Waals surface area contributed by atoms with Crippen LogP contribution in [-0.2, 0) is 9.53 Å². The second-order valence-corrected chi connectivity index (χ2v) is 7.87. The molecule has 0 saturated carbocycles. The molecular formula is C21H24N4O2S2. The standard InChI is InChI=1S/C16H14N4O2S2.C5H10/c1-2-9-22-10-14(21)18-15-19-20-16(24-15)23-13-7-8-17-12-6-4-3-5-11(12)13;1-3-5-4-2/h2-9H,10H2,1H3,(H,18,19,21);3,5H,4H2,1-2H3/b9-2+;5-3-. The number of allylic oxidation sites excluding steroid dienone is 3. The summed E-state index contributed by atoms with van der Waals surface area (Å²) < 4.78 is 5.77. The normalized spacial score (nSPS) is 10.9. The first kappa shape index (κ1) is 22.6. The largest absolute Gasteiger partial charge is 0.492 e. The van der Waals surface area contributed by atoms with Crippen molar-refractivity contribution in [2.45, 2.75) is 36.4 Å². The van der Waals surface area contributed by atoms with Gasteiger partial charge in [-0.15, -0.1) is 10.2 Å². The van der Waals surface area contributed by atoms with Crippen LogP contribution < -0.4 is 5.32 Å². The van der Waals surface area contributed by atoms with Crippen molar-refractivity contribution >= 4 is 45.0 Å². The topological polar surface area (TPSA) is 77.0 Å². The number of pyridine rings is 1. The highest BCUT2D eigenvalue weighted by molar-refractivity contribution is 8.01. The van der Waals surface area contributed by atoms with Crippen LogP contribution in [0.4, 0.5) is 5.13 Å². The minimum absolute atomic E-state index is 0.0542. The van der Waals surface area contributed by atoms with Crippen molar-refractivity contribution in [3.05, 3.63) is 61.0 Å². The van der Waals surface area contributed by atoms with Crippen molar-refractivity contribution in [1.82, 2.24) is 15.2 Å². The molecule has 152 valence electrons. The lowest BCUT2D eigenvalue weighted by Gasteiger charge is -2.02.